The molecule has 0 N–H and O–H groups in total. The van der Waals surface area contributed by atoms with Gasteiger partial charge in [0.15, 0.2) is 0 Å². The van der Waals surface area contributed by atoms with Gasteiger partial charge in [-0.15, -0.1) is 0 Å². The Hall–Kier alpha value is -2.44. The van der Waals surface area contributed by atoms with Crippen molar-refractivity contribution in [3.05, 3.63) is 58.2 Å². The first-order chi connectivity index (χ1) is 13.6. The fourth-order valence-corrected chi connectivity index (χ4v) is 5.73. The van der Waals surface area contributed by atoms with Gasteiger partial charge in [0.1, 0.15) is 5.69 Å². The van der Waals surface area contributed by atoms with Gasteiger partial charge in [0, 0.05) is 24.9 Å². The van der Waals surface area contributed by atoms with Gasteiger partial charge in [-0.2, -0.15) is 13.2 Å². The summed E-state index contributed by atoms with van der Waals surface area (Å²) in [5.41, 5.74) is 3.89. The van der Waals surface area contributed by atoms with E-state index >= 15 is 0 Å². The zero-order valence-corrected chi connectivity index (χ0v) is 16.4. The molecule has 3 heterocycles. The third-order valence-corrected chi connectivity index (χ3v) is 6.93. The van der Waals surface area contributed by atoms with Crippen molar-refractivity contribution >= 4 is 5.91 Å². The first kappa shape index (κ1) is 18.6. The van der Waals surface area contributed by atoms with Crippen LogP contribution in [0.25, 0.3) is 0 Å². The molecule has 0 unspecified atom stereocenters. The smallest absolute Gasteiger partial charge is 0.332 e. The van der Waals surface area contributed by atoms with Gasteiger partial charge in [0.2, 0.25) is 5.91 Å². The lowest BCUT2D eigenvalue weighted by Crippen LogP contribution is -2.65. The largest absolute Gasteiger partial charge is 0.433 e. The number of hydrogen-bond acceptors (Lipinski definition) is 3. The van der Waals surface area contributed by atoms with Crippen LogP contribution in [0.2, 0.25) is 0 Å². The molecule has 7 heteroatoms. The Bertz CT molecular complexity index is 1010. The van der Waals surface area contributed by atoms with Crippen LogP contribution in [0, 0.1) is 19.3 Å². The maximum Gasteiger partial charge on any atom is 0.433 e. The van der Waals surface area contributed by atoms with Gasteiger partial charge in [0.05, 0.1) is 12.2 Å². The summed E-state index contributed by atoms with van der Waals surface area (Å²) in [5.74, 6) is 0.124. The van der Waals surface area contributed by atoms with E-state index in [9.17, 15) is 18.0 Å². The first-order valence-corrected chi connectivity index (χ1v) is 9.87. The molecule has 3 saturated carbocycles. The van der Waals surface area contributed by atoms with E-state index in [4.69, 9.17) is 0 Å². The van der Waals surface area contributed by atoms with E-state index in [-0.39, 0.29) is 16.7 Å². The zero-order valence-electron chi connectivity index (χ0n) is 16.4. The van der Waals surface area contributed by atoms with Crippen molar-refractivity contribution in [3.8, 4) is 0 Å². The van der Waals surface area contributed by atoms with E-state index in [0.29, 0.717) is 25.1 Å². The minimum absolute atomic E-state index is 0.0497. The quantitative estimate of drug-likeness (QED) is 0.763. The lowest BCUT2D eigenvalue weighted by Gasteiger charge is -2.71. The average Bonchev–Trinajstić information content (AvgIpc) is 3.00. The molecule has 0 radical (unpaired) electrons. The minimum atomic E-state index is -4.43. The summed E-state index contributed by atoms with van der Waals surface area (Å²) in [6.45, 7) is 5.17. The number of halogens is 3. The number of rotatable bonds is 3. The number of pyridine rings is 2. The lowest BCUT2D eigenvalue weighted by molar-refractivity contribution is -0.167. The van der Waals surface area contributed by atoms with Crippen molar-refractivity contribution in [1.29, 1.82) is 0 Å². The topological polar surface area (TPSA) is 46.1 Å². The highest BCUT2D eigenvalue weighted by atomic mass is 19.4. The molecule has 0 saturated heterocycles. The fraction of sp³-hybridized carbons (Fsp3) is 0.500. The summed E-state index contributed by atoms with van der Waals surface area (Å²) in [6, 6.07) is 4.91. The number of carbonyl (C=O) groups excluding carboxylic acids is 1. The summed E-state index contributed by atoms with van der Waals surface area (Å²) in [4.78, 5) is 22.8. The second-order valence-electron chi connectivity index (χ2n) is 9.17. The highest BCUT2D eigenvalue weighted by Gasteiger charge is 2.68. The molecule has 3 aliphatic carbocycles. The highest BCUT2D eigenvalue weighted by molar-refractivity contribution is 5.78. The predicted molar refractivity (Wildman–Crippen MR) is 99.8 cm³/mol. The normalized spacial score (nSPS) is 27.3. The molecule has 2 bridgehead atoms. The fourth-order valence-electron chi connectivity index (χ4n) is 5.73. The maximum atomic E-state index is 13.0. The molecule has 3 fully saturated rings. The molecule has 2 aromatic heterocycles. The predicted octanol–water partition coefficient (Wildman–Crippen LogP) is 4.47. The SMILES string of the molecule is Cc1cc(C)c2c(n1)CN(C(=O)CC13CC(c4ccnc(C(F)(F)F)c4)(C1)C3)C2. The molecule has 6 rings (SSSR count). The molecule has 29 heavy (non-hydrogen) atoms. The van der Waals surface area contributed by atoms with Crippen molar-refractivity contribution in [2.45, 2.75) is 64.2 Å². The molecule has 152 valence electrons. The number of aromatic nitrogens is 2. The zero-order chi connectivity index (χ0) is 20.6. The monoisotopic (exact) mass is 401 g/mol. The van der Waals surface area contributed by atoms with Gasteiger partial charge in [-0.3, -0.25) is 14.8 Å². The van der Waals surface area contributed by atoms with Crippen LogP contribution in [0.1, 0.15) is 59.5 Å². The van der Waals surface area contributed by atoms with Crippen LogP contribution in [0.5, 0.6) is 0 Å². The third-order valence-electron chi connectivity index (χ3n) is 6.93. The standard InChI is InChI=1S/C22H22F3N3O/c1-13-5-14(2)27-17-9-28(8-16(13)17)19(29)7-20-10-21(11-20,12-20)15-3-4-26-18(6-15)22(23,24)25/h3-6H,7-12H2,1-2H3. The third kappa shape index (κ3) is 2.85. The van der Waals surface area contributed by atoms with Crippen molar-refractivity contribution in [2.75, 3.05) is 0 Å². The van der Waals surface area contributed by atoms with Gasteiger partial charge < -0.3 is 4.90 Å². The Morgan fingerprint density at radius 1 is 1.17 bits per heavy atom. The van der Waals surface area contributed by atoms with E-state index in [1.807, 2.05) is 17.9 Å². The molecule has 1 aliphatic heterocycles. The molecule has 0 atom stereocenters. The van der Waals surface area contributed by atoms with Gasteiger partial charge >= 0.3 is 6.18 Å². The van der Waals surface area contributed by atoms with Crippen LogP contribution >= 0.6 is 0 Å². The number of fused-ring (bicyclic) bond motifs is 1. The molecule has 0 aromatic carbocycles. The molecular formula is C22H22F3N3O. The van der Waals surface area contributed by atoms with Gasteiger partial charge in [-0.1, -0.05) is 0 Å². The highest BCUT2D eigenvalue weighted by Crippen LogP contribution is 2.75. The van der Waals surface area contributed by atoms with Crippen molar-refractivity contribution in [3.63, 3.8) is 0 Å². The van der Waals surface area contributed by atoms with E-state index in [1.165, 1.54) is 17.8 Å². The van der Waals surface area contributed by atoms with E-state index < -0.39 is 11.9 Å². The molecular weight excluding hydrogens is 379 g/mol. The number of amides is 1. The number of hydrogen-bond donors (Lipinski definition) is 0. The lowest BCUT2D eigenvalue weighted by atomic mass is 9.32. The number of aryl methyl sites for hydroxylation is 2. The minimum Gasteiger partial charge on any atom is -0.332 e. The van der Waals surface area contributed by atoms with Crippen LogP contribution in [-0.4, -0.2) is 20.8 Å². The average molecular weight is 401 g/mol. The van der Waals surface area contributed by atoms with Crippen LogP contribution in [0.4, 0.5) is 13.2 Å². The summed E-state index contributed by atoms with van der Waals surface area (Å²) < 4.78 is 38.9. The Morgan fingerprint density at radius 2 is 1.90 bits per heavy atom. The molecule has 1 amide bonds. The number of carbonyl (C=O) groups is 1. The van der Waals surface area contributed by atoms with Crippen LogP contribution in [-0.2, 0) is 29.5 Å². The second kappa shape index (κ2) is 5.80. The summed E-state index contributed by atoms with van der Waals surface area (Å²) in [6.07, 6.45) is -0.367. The Balaban J connectivity index is 1.24. The Labute approximate surface area is 167 Å². The summed E-state index contributed by atoms with van der Waals surface area (Å²) in [5, 5.41) is 0. The Kier molecular flexibility index (Phi) is 3.72. The number of alkyl halides is 3. The molecule has 0 spiro atoms. The van der Waals surface area contributed by atoms with Gasteiger partial charge in [-0.25, -0.2) is 0 Å². The maximum absolute atomic E-state index is 13.0. The second-order valence-corrected chi connectivity index (χ2v) is 9.17. The molecule has 4 aliphatic rings. The van der Waals surface area contributed by atoms with E-state index in [0.717, 1.165) is 36.2 Å². The summed E-state index contributed by atoms with van der Waals surface area (Å²) >= 11 is 0. The van der Waals surface area contributed by atoms with E-state index in [1.54, 1.807) is 6.07 Å². The van der Waals surface area contributed by atoms with Gasteiger partial charge in [-0.05, 0) is 78.8 Å². The van der Waals surface area contributed by atoms with Crippen LogP contribution in [0.15, 0.2) is 24.4 Å². The Morgan fingerprint density at radius 3 is 2.59 bits per heavy atom. The molecule has 4 nitrogen and oxygen atoms in total. The van der Waals surface area contributed by atoms with E-state index in [2.05, 4.69) is 16.9 Å². The molecule has 2 aromatic rings. The van der Waals surface area contributed by atoms with Crippen molar-refractivity contribution in [2.24, 2.45) is 5.41 Å². The van der Waals surface area contributed by atoms with Crippen molar-refractivity contribution in [1.82, 2.24) is 14.9 Å². The summed E-state index contributed by atoms with van der Waals surface area (Å²) in [7, 11) is 0. The van der Waals surface area contributed by atoms with Crippen molar-refractivity contribution < 1.29 is 18.0 Å². The number of nitrogens with zero attached hydrogens (tertiary/aromatic N) is 3. The van der Waals surface area contributed by atoms with Crippen LogP contribution < -0.4 is 0 Å². The first-order valence-electron chi connectivity index (χ1n) is 9.87. The van der Waals surface area contributed by atoms with Gasteiger partial charge in [0.25, 0.3) is 0 Å². The van der Waals surface area contributed by atoms with Crippen LogP contribution in [0.3, 0.4) is 0 Å².